The number of rotatable bonds is 9. The summed E-state index contributed by atoms with van der Waals surface area (Å²) in [6.07, 6.45) is -0.0414. The third-order valence-corrected chi connectivity index (χ3v) is 4.78. The van der Waals surface area contributed by atoms with Gasteiger partial charge in [-0.1, -0.05) is 12.1 Å². The summed E-state index contributed by atoms with van der Waals surface area (Å²) in [6.45, 7) is 0. The van der Waals surface area contributed by atoms with E-state index in [0.717, 1.165) is 0 Å². The van der Waals surface area contributed by atoms with Crippen molar-refractivity contribution in [2.24, 2.45) is 0 Å². The molecular formula is C24H22FNO5. The summed E-state index contributed by atoms with van der Waals surface area (Å²) in [4.78, 5) is 29.5. The summed E-state index contributed by atoms with van der Waals surface area (Å²) < 4.78 is 29.9. The third kappa shape index (κ3) is 4.88. The quantitative estimate of drug-likeness (QED) is 0.462. The Morgan fingerprint density at radius 3 is 2.13 bits per heavy atom. The first-order chi connectivity index (χ1) is 15.0. The van der Waals surface area contributed by atoms with Gasteiger partial charge in [0.2, 0.25) is 0 Å². The van der Waals surface area contributed by atoms with E-state index in [4.69, 9.17) is 14.2 Å². The Labute approximate surface area is 179 Å². The fourth-order valence-corrected chi connectivity index (χ4v) is 3.12. The highest BCUT2D eigenvalue weighted by atomic mass is 19.1. The largest absolute Gasteiger partial charge is 0.494 e. The summed E-state index contributed by atoms with van der Waals surface area (Å²) in [5.74, 6) is 0.292. The van der Waals surface area contributed by atoms with Crippen LogP contribution >= 0.6 is 0 Å². The second-order valence-electron chi connectivity index (χ2n) is 6.64. The first-order valence-electron chi connectivity index (χ1n) is 9.56. The lowest BCUT2D eigenvalue weighted by Gasteiger charge is -2.11. The molecule has 160 valence electrons. The van der Waals surface area contributed by atoms with Gasteiger partial charge >= 0.3 is 0 Å². The maximum absolute atomic E-state index is 14.2. The molecule has 0 aliphatic carbocycles. The topological polar surface area (TPSA) is 74.7 Å². The summed E-state index contributed by atoms with van der Waals surface area (Å²) in [5, 5.41) is 0. The van der Waals surface area contributed by atoms with Crippen molar-refractivity contribution in [3.05, 3.63) is 71.7 Å². The number of ether oxygens (including phenoxy) is 3. The van der Waals surface area contributed by atoms with E-state index in [2.05, 4.69) is 4.98 Å². The number of aromatic nitrogens is 1. The molecule has 0 aliphatic rings. The summed E-state index contributed by atoms with van der Waals surface area (Å²) >= 11 is 0. The molecule has 7 heteroatoms. The minimum Gasteiger partial charge on any atom is -0.494 e. The zero-order chi connectivity index (χ0) is 22.4. The van der Waals surface area contributed by atoms with Crippen molar-refractivity contribution in [3.8, 4) is 28.5 Å². The Morgan fingerprint density at radius 2 is 1.45 bits per heavy atom. The molecule has 0 radical (unpaired) electrons. The average molecular weight is 423 g/mol. The van der Waals surface area contributed by atoms with Crippen molar-refractivity contribution in [2.75, 3.05) is 21.3 Å². The highest BCUT2D eigenvalue weighted by Crippen LogP contribution is 2.31. The van der Waals surface area contributed by atoms with Gasteiger partial charge in [-0.15, -0.1) is 0 Å². The Morgan fingerprint density at radius 1 is 0.806 bits per heavy atom. The zero-order valence-corrected chi connectivity index (χ0v) is 17.5. The number of pyridine rings is 1. The lowest BCUT2D eigenvalue weighted by atomic mass is 10.0. The Balaban J connectivity index is 1.77. The van der Waals surface area contributed by atoms with Crippen molar-refractivity contribution in [3.63, 3.8) is 0 Å². The van der Waals surface area contributed by atoms with Crippen LogP contribution in [0.4, 0.5) is 4.39 Å². The fraction of sp³-hybridized carbons (Fsp3) is 0.208. The Kier molecular flexibility index (Phi) is 6.97. The molecule has 1 aromatic heterocycles. The smallest absolute Gasteiger partial charge is 0.181 e. The van der Waals surface area contributed by atoms with Crippen molar-refractivity contribution < 1.29 is 28.2 Å². The number of hydrogen-bond acceptors (Lipinski definition) is 6. The van der Waals surface area contributed by atoms with Crippen LogP contribution in [-0.4, -0.2) is 37.9 Å². The SMILES string of the molecule is COc1ccc(C(=O)CCC(=O)c2ccc(OC)c(-c3ccccc3F)n2)cc1OC. The normalized spacial score (nSPS) is 10.5. The minimum atomic E-state index is -0.471. The van der Waals surface area contributed by atoms with Crippen LogP contribution in [0.2, 0.25) is 0 Å². The second kappa shape index (κ2) is 9.84. The van der Waals surface area contributed by atoms with Gasteiger partial charge in [0.05, 0.1) is 21.3 Å². The van der Waals surface area contributed by atoms with Gasteiger partial charge in [0.1, 0.15) is 23.0 Å². The van der Waals surface area contributed by atoms with Crippen LogP contribution in [0.5, 0.6) is 17.2 Å². The van der Waals surface area contributed by atoms with Crippen LogP contribution in [0, 0.1) is 5.82 Å². The molecule has 0 fully saturated rings. The monoisotopic (exact) mass is 423 g/mol. The number of hydrogen-bond donors (Lipinski definition) is 0. The summed E-state index contributed by atoms with van der Waals surface area (Å²) in [5.41, 5.74) is 1.02. The molecule has 0 amide bonds. The molecule has 0 saturated carbocycles. The number of carbonyl (C=O) groups is 2. The number of halogens is 1. The first-order valence-corrected chi connectivity index (χ1v) is 9.56. The molecule has 1 heterocycles. The van der Waals surface area contributed by atoms with Gasteiger partial charge in [0.25, 0.3) is 0 Å². The highest BCUT2D eigenvalue weighted by Gasteiger charge is 2.18. The van der Waals surface area contributed by atoms with Crippen molar-refractivity contribution in [2.45, 2.75) is 12.8 Å². The van der Waals surface area contributed by atoms with E-state index in [1.54, 1.807) is 42.5 Å². The van der Waals surface area contributed by atoms with Gasteiger partial charge in [-0.2, -0.15) is 0 Å². The molecule has 0 atom stereocenters. The first kappa shape index (κ1) is 22.0. The molecule has 6 nitrogen and oxygen atoms in total. The van der Waals surface area contributed by atoms with E-state index in [1.807, 2.05) is 0 Å². The number of Topliss-reactive ketones (excluding diaryl/α,β-unsaturated/α-hetero) is 2. The molecular weight excluding hydrogens is 401 g/mol. The second-order valence-corrected chi connectivity index (χ2v) is 6.64. The van der Waals surface area contributed by atoms with Gasteiger partial charge in [-0.3, -0.25) is 9.59 Å². The van der Waals surface area contributed by atoms with Crippen LogP contribution in [-0.2, 0) is 0 Å². The van der Waals surface area contributed by atoms with Gasteiger partial charge < -0.3 is 14.2 Å². The van der Waals surface area contributed by atoms with Crippen molar-refractivity contribution >= 4 is 11.6 Å². The van der Waals surface area contributed by atoms with E-state index in [0.29, 0.717) is 22.8 Å². The predicted molar refractivity (Wildman–Crippen MR) is 114 cm³/mol. The van der Waals surface area contributed by atoms with Gasteiger partial charge in [-0.05, 0) is 42.5 Å². The van der Waals surface area contributed by atoms with Crippen LogP contribution in [0.3, 0.4) is 0 Å². The van der Waals surface area contributed by atoms with Crippen LogP contribution < -0.4 is 14.2 Å². The van der Waals surface area contributed by atoms with E-state index in [-0.39, 0.29) is 41.4 Å². The minimum absolute atomic E-state index is 0.00292. The van der Waals surface area contributed by atoms with Crippen LogP contribution in [0.25, 0.3) is 11.3 Å². The molecule has 0 bridgehead atoms. The predicted octanol–water partition coefficient (Wildman–Crippen LogP) is 4.76. The molecule has 2 aromatic carbocycles. The maximum Gasteiger partial charge on any atom is 0.181 e. The molecule has 3 aromatic rings. The van der Waals surface area contributed by atoms with E-state index in [9.17, 15) is 14.0 Å². The molecule has 0 spiro atoms. The lowest BCUT2D eigenvalue weighted by molar-refractivity contribution is 0.0915. The standard InChI is InChI=1S/C24H22FNO5/c1-29-21-12-8-15(14-23(21)31-3)19(27)10-11-20(28)18-9-13-22(30-2)24(26-18)16-6-4-5-7-17(16)25/h4-9,12-14H,10-11H2,1-3H3. The summed E-state index contributed by atoms with van der Waals surface area (Å²) in [6, 6.07) is 14.0. The average Bonchev–Trinajstić information content (AvgIpc) is 2.81. The Bertz CT molecular complexity index is 1110. The van der Waals surface area contributed by atoms with E-state index in [1.165, 1.54) is 33.5 Å². The number of methoxy groups -OCH3 is 3. The fourth-order valence-electron chi connectivity index (χ4n) is 3.12. The van der Waals surface area contributed by atoms with E-state index >= 15 is 0 Å². The van der Waals surface area contributed by atoms with Crippen LogP contribution in [0.15, 0.2) is 54.6 Å². The molecule has 3 rings (SSSR count). The van der Waals surface area contributed by atoms with Crippen molar-refractivity contribution in [1.82, 2.24) is 4.98 Å². The lowest BCUT2D eigenvalue weighted by Crippen LogP contribution is -2.08. The van der Waals surface area contributed by atoms with Gasteiger partial charge in [-0.25, -0.2) is 9.37 Å². The van der Waals surface area contributed by atoms with Gasteiger partial charge in [0, 0.05) is 24.0 Å². The number of ketones is 2. The molecule has 0 saturated heterocycles. The third-order valence-electron chi connectivity index (χ3n) is 4.78. The summed E-state index contributed by atoms with van der Waals surface area (Å²) in [7, 11) is 4.44. The van der Waals surface area contributed by atoms with E-state index < -0.39 is 5.82 Å². The van der Waals surface area contributed by atoms with Crippen LogP contribution in [0.1, 0.15) is 33.7 Å². The molecule has 31 heavy (non-hydrogen) atoms. The van der Waals surface area contributed by atoms with Gasteiger partial charge in [0.15, 0.2) is 23.1 Å². The molecule has 0 aliphatic heterocycles. The number of benzene rings is 2. The maximum atomic E-state index is 14.2. The zero-order valence-electron chi connectivity index (χ0n) is 17.5. The van der Waals surface area contributed by atoms with Crippen molar-refractivity contribution in [1.29, 1.82) is 0 Å². The highest BCUT2D eigenvalue weighted by molar-refractivity contribution is 6.02. The molecule has 0 N–H and O–H groups in total. The Hall–Kier alpha value is -3.74. The number of nitrogens with zero attached hydrogens (tertiary/aromatic N) is 1. The number of carbonyl (C=O) groups excluding carboxylic acids is 2. The molecule has 0 unspecified atom stereocenters.